The number of carboxylic acid groups (broad SMARTS) is 1. The number of hydrogen-bond acceptors (Lipinski definition) is 7. The summed E-state index contributed by atoms with van der Waals surface area (Å²) >= 11 is 1.07. The number of alkyl carbamates (subject to hydrolysis) is 1. The van der Waals surface area contributed by atoms with Crippen molar-refractivity contribution in [1.82, 2.24) is 19.9 Å². The van der Waals surface area contributed by atoms with E-state index in [1.807, 2.05) is 0 Å². The molecule has 0 fully saturated rings. The predicted molar refractivity (Wildman–Crippen MR) is 143 cm³/mol. The molecule has 0 radical (unpaired) electrons. The average molecular weight is 547 g/mol. The standard InChI is InChI=1S/C26H34N4O7S/c1-26(2,3)37-25(36)29-15-14-28-23(34)18-8-7-9-20(16-18)38-30-17-19(11-12-21(30)31)24(35)27-13-6-4-5-10-22(32)33/h7-9,11-12,16-17H,4-6,10,13-15H2,1-3H3,(H,27,35)(H,28,34)(H,29,36)(H,32,33). The fourth-order valence-electron chi connectivity index (χ4n) is 3.12. The van der Waals surface area contributed by atoms with Gasteiger partial charge in [-0.1, -0.05) is 12.5 Å². The lowest BCUT2D eigenvalue weighted by Gasteiger charge is -2.19. The number of aliphatic carboxylic acids is 1. The monoisotopic (exact) mass is 546 g/mol. The highest BCUT2D eigenvalue weighted by Gasteiger charge is 2.16. The molecular weight excluding hydrogens is 512 g/mol. The summed E-state index contributed by atoms with van der Waals surface area (Å²) in [5.74, 6) is -1.53. The molecule has 2 rings (SSSR count). The summed E-state index contributed by atoms with van der Waals surface area (Å²) in [7, 11) is 0. The van der Waals surface area contributed by atoms with Crippen LogP contribution in [0.4, 0.5) is 4.79 Å². The highest BCUT2D eigenvalue weighted by atomic mass is 32.2. The second-order valence-corrected chi connectivity index (χ2v) is 10.4. The molecule has 0 unspecified atom stereocenters. The van der Waals surface area contributed by atoms with E-state index in [1.165, 1.54) is 22.3 Å². The van der Waals surface area contributed by atoms with E-state index in [0.717, 1.165) is 11.9 Å². The maximum Gasteiger partial charge on any atom is 0.407 e. The molecule has 4 N–H and O–H groups in total. The van der Waals surface area contributed by atoms with Crippen molar-refractivity contribution >= 4 is 35.8 Å². The first-order valence-corrected chi connectivity index (χ1v) is 13.0. The third kappa shape index (κ3) is 11.5. The van der Waals surface area contributed by atoms with Gasteiger partial charge in [-0.25, -0.2) is 4.79 Å². The van der Waals surface area contributed by atoms with Gasteiger partial charge >= 0.3 is 12.1 Å². The smallest absolute Gasteiger partial charge is 0.407 e. The number of unbranched alkanes of at least 4 members (excludes halogenated alkanes) is 2. The average Bonchev–Trinajstić information content (AvgIpc) is 2.84. The number of hydrogen-bond donors (Lipinski definition) is 4. The van der Waals surface area contributed by atoms with Gasteiger partial charge < -0.3 is 25.8 Å². The van der Waals surface area contributed by atoms with Crippen molar-refractivity contribution in [1.29, 1.82) is 0 Å². The van der Waals surface area contributed by atoms with Crippen molar-refractivity contribution in [2.24, 2.45) is 0 Å². The Hall–Kier alpha value is -3.80. The number of carboxylic acids is 1. The molecule has 3 amide bonds. The van der Waals surface area contributed by atoms with E-state index >= 15 is 0 Å². The minimum absolute atomic E-state index is 0.101. The Bertz CT molecular complexity index is 1190. The van der Waals surface area contributed by atoms with E-state index in [4.69, 9.17) is 9.84 Å². The van der Waals surface area contributed by atoms with Gasteiger partial charge in [-0.05, 0) is 69.8 Å². The van der Waals surface area contributed by atoms with Crippen molar-refractivity contribution in [2.45, 2.75) is 57.0 Å². The number of ether oxygens (including phenoxy) is 1. The number of nitrogens with zero attached hydrogens (tertiary/aromatic N) is 1. The highest BCUT2D eigenvalue weighted by Crippen LogP contribution is 2.20. The second kappa shape index (κ2) is 14.8. The van der Waals surface area contributed by atoms with Gasteiger partial charge in [0.1, 0.15) is 5.60 Å². The zero-order valence-corrected chi connectivity index (χ0v) is 22.6. The number of nitrogens with one attached hydrogen (secondary N) is 3. The van der Waals surface area contributed by atoms with Crippen LogP contribution in [-0.4, -0.2) is 58.2 Å². The molecule has 12 heteroatoms. The van der Waals surface area contributed by atoms with Gasteiger partial charge in [-0.2, -0.15) is 0 Å². The van der Waals surface area contributed by atoms with Crippen molar-refractivity contribution in [3.8, 4) is 0 Å². The first-order valence-electron chi connectivity index (χ1n) is 12.2. The zero-order valence-electron chi connectivity index (χ0n) is 21.7. The molecule has 1 aromatic carbocycles. The van der Waals surface area contributed by atoms with Gasteiger partial charge in [-0.3, -0.25) is 23.2 Å². The van der Waals surface area contributed by atoms with E-state index in [9.17, 15) is 24.0 Å². The largest absolute Gasteiger partial charge is 0.481 e. The van der Waals surface area contributed by atoms with Gasteiger partial charge in [0, 0.05) is 48.8 Å². The lowest BCUT2D eigenvalue weighted by molar-refractivity contribution is -0.137. The van der Waals surface area contributed by atoms with Gasteiger partial charge in [0.25, 0.3) is 17.4 Å². The van der Waals surface area contributed by atoms with Gasteiger partial charge in [0.15, 0.2) is 0 Å². The number of amides is 3. The summed E-state index contributed by atoms with van der Waals surface area (Å²) in [4.78, 5) is 60.2. The third-order valence-corrected chi connectivity index (χ3v) is 5.82. The molecule has 1 heterocycles. The maximum atomic E-state index is 12.5. The van der Waals surface area contributed by atoms with Crippen LogP contribution < -0.4 is 21.5 Å². The zero-order chi connectivity index (χ0) is 28.1. The Labute approximate surface area is 225 Å². The Morgan fingerprint density at radius 2 is 1.58 bits per heavy atom. The molecule has 1 aromatic heterocycles. The Balaban J connectivity index is 1.89. The lowest BCUT2D eigenvalue weighted by Crippen LogP contribution is -2.37. The minimum Gasteiger partial charge on any atom is -0.481 e. The van der Waals surface area contributed by atoms with Crippen LogP contribution in [0.25, 0.3) is 0 Å². The summed E-state index contributed by atoms with van der Waals surface area (Å²) in [6, 6.07) is 9.41. The van der Waals surface area contributed by atoms with Crippen LogP contribution in [0.1, 0.15) is 67.2 Å². The van der Waals surface area contributed by atoms with E-state index < -0.39 is 17.7 Å². The Kier molecular flexibility index (Phi) is 11.9. The molecule has 0 saturated carbocycles. The normalized spacial score (nSPS) is 10.9. The van der Waals surface area contributed by atoms with E-state index in [-0.39, 0.29) is 36.9 Å². The molecule has 0 atom stereocenters. The number of carbonyl (C=O) groups is 4. The maximum absolute atomic E-state index is 12.5. The molecule has 0 saturated heterocycles. The summed E-state index contributed by atoms with van der Waals surface area (Å²) in [5.41, 5.74) is -0.268. The number of aromatic nitrogens is 1. The van der Waals surface area contributed by atoms with Crippen molar-refractivity contribution < 1.29 is 29.0 Å². The van der Waals surface area contributed by atoms with Gasteiger partial charge in [-0.15, -0.1) is 0 Å². The molecular formula is C26H34N4O7S. The van der Waals surface area contributed by atoms with Crippen LogP contribution >= 0.6 is 11.9 Å². The lowest BCUT2D eigenvalue weighted by atomic mass is 10.2. The van der Waals surface area contributed by atoms with Crippen LogP contribution in [0.3, 0.4) is 0 Å². The number of pyridine rings is 1. The van der Waals surface area contributed by atoms with Crippen LogP contribution in [0.15, 0.2) is 52.3 Å². The summed E-state index contributed by atoms with van der Waals surface area (Å²) in [6.07, 6.45) is 2.85. The Morgan fingerprint density at radius 1 is 0.895 bits per heavy atom. The first-order chi connectivity index (χ1) is 17.9. The SMILES string of the molecule is CC(C)(C)OC(=O)NCCNC(=O)c1cccc(Sn2cc(C(=O)NCCCCCC(=O)O)ccc2=O)c1. The molecule has 206 valence electrons. The minimum atomic E-state index is -0.840. The molecule has 0 aliphatic rings. The van der Waals surface area contributed by atoms with Crippen LogP contribution in [-0.2, 0) is 9.53 Å². The van der Waals surface area contributed by atoms with Gasteiger partial charge in [0.05, 0.1) is 5.56 Å². The summed E-state index contributed by atoms with van der Waals surface area (Å²) in [5, 5.41) is 16.7. The first kappa shape index (κ1) is 30.4. The molecule has 0 aliphatic carbocycles. The number of carbonyl (C=O) groups excluding carboxylic acids is 3. The van der Waals surface area contributed by atoms with Crippen molar-refractivity contribution in [3.05, 3.63) is 64.1 Å². The molecule has 11 nitrogen and oxygen atoms in total. The van der Waals surface area contributed by atoms with Crippen molar-refractivity contribution in [3.63, 3.8) is 0 Å². The molecule has 0 bridgehead atoms. The Morgan fingerprint density at radius 3 is 2.29 bits per heavy atom. The fraction of sp³-hybridized carbons (Fsp3) is 0.423. The molecule has 2 aromatic rings. The van der Waals surface area contributed by atoms with Crippen LogP contribution in [0.5, 0.6) is 0 Å². The topological polar surface area (TPSA) is 156 Å². The molecule has 0 aliphatic heterocycles. The third-order valence-electron chi connectivity index (χ3n) is 4.87. The number of benzene rings is 1. The molecule has 38 heavy (non-hydrogen) atoms. The van der Waals surface area contributed by atoms with Crippen LogP contribution in [0, 0.1) is 0 Å². The quantitative estimate of drug-likeness (QED) is 0.279. The molecule has 0 spiro atoms. The van der Waals surface area contributed by atoms with Crippen molar-refractivity contribution in [2.75, 3.05) is 19.6 Å². The van der Waals surface area contributed by atoms with Gasteiger partial charge in [0.2, 0.25) is 0 Å². The van der Waals surface area contributed by atoms with E-state index in [0.29, 0.717) is 41.8 Å². The highest BCUT2D eigenvalue weighted by molar-refractivity contribution is 7.97. The van der Waals surface area contributed by atoms with E-state index in [1.54, 1.807) is 45.0 Å². The second-order valence-electron chi connectivity index (χ2n) is 9.35. The van der Waals surface area contributed by atoms with E-state index in [2.05, 4.69) is 16.0 Å². The summed E-state index contributed by atoms with van der Waals surface area (Å²) < 4.78 is 6.45. The number of rotatable bonds is 13. The fourth-order valence-corrected chi connectivity index (χ4v) is 3.98. The van der Waals surface area contributed by atoms with Crippen LogP contribution in [0.2, 0.25) is 0 Å². The predicted octanol–water partition coefficient (Wildman–Crippen LogP) is 3.03. The summed E-state index contributed by atoms with van der Waals surface area (Å²) in [6.45, 7) is 6.07.